The van der Waals surface area contributed by atoms with Crippen molar-refractivity contribution in [2.75, 3.05) is 7.11 Å². The molecule has 5 heteroatoms. The van der Waals surface area contributed by atoms with Crippen LogP contribution in [0.1, 0.15) is 51.2 Å². The van der Waals surface area contributed by atoms with Gasteiger partial charge in [0.2, 0.25) is 0 Å². The number of ether oxygens (including phenoxy) is 3. The lowest BCUT2D eigenvalue weighted by atomic mass is 9.91. The van der Waals surface area contributed by atoms with E-state index in [-0.39, 0.29) is 23.4 Å². The molecule has 2 aromatic rings. The van der Waals surface area contributed by atoms with Gasteiger partial charge in [0.25, 0.3) is 0 Å². The first-order valence-corrected chi connectivity index (χ1v) is 14.7. The summed E-state index contributed by atoms with van der Waals surface area (Å²) in [6, 6.07) is 18.5. The third kappa shape index (κ3) is 6.67. The molecule has 3 atom stereocenters. The SMILES string of the molecule is COc1ccc(CO[C@@H]2CCC[C@@H](OCc3ccccc3)[C@@H]2O[Si](C)(C)C(C)(C)C)cc1. The zero-order valence-corrected chi connectivity index (χ0v) is 21.6. The van der Waals surface area contributed by atoms with Gasteiger partial charge in [0.05, 0.1) is 38.6 Å². The van der Waals surface area contributed by atoms with Crippen molar-refractivity contribution in [3.63, 3.8) is 0 Å². The van der Waals surface area contributed by atoms with Gasteiger partial charge in [0, 0.05) is 0 Å². The van der Waals surface area contributed by atoms with Crippen LogP contribution in [0.15, 0.2) is 54.6 Å². The Morgan fingerprint density at radius 1 is 0.812 bits per heavy atom. The zero-order chi connectivity index (χ0) is 23.2. The fourth-order valence-corrected chi connectivity index (χ4v) is 5.15. The second-order valence-corrected chi connectivity index (χ2v) is 15.1. The van der Waals surface area contributed by atoms with Gasteiger partial charge in [-0.15, -0.1) is 0 Å². The Hall–Kier alpha value is -1.66. The Labute approximate surface area is 195 Å². The molecule has 0 amide bonds. The van der Waals surface area contributed by atoms with Crippen molar-refractivity contribution in [2.24, 2.45) is 0 Å². The average molecular weight is 457 g/mol. The highest BCUT2D eigenvalue weighted by Gasteiger charge is 2.45. The van der Waals surface area contributed by atoms with Crippen LogP contribution in [0.4, 0.5) is 0 Å². The maximum atomic E-state index is 6.95. The lowest BCUT2D eigenvalue weighted by molar-refractivity contribution is -0.135. The van der Waals surface area contributed by atoms with Crippen molar-refractivity contribution in [3.8, 4) is 5.75 Å². The molecule has 0 spiro atoms. The lowest BCUT2D eigenvalue weighted by Crippen LogP contribution is -2.54. The smallest absolute Gasteiger partial charge is 0.192 e. The number of benzene rings is 2. The third-order valence-corrected chi connectivity index (χ3v) is 11.4. The summed E-state index contributed by atoms with van der Waals surface area (Å²) >= 11 is 0. The van der Waals surface area contributed by atoms with Gasteiger partial charge < -0.3 is 18.6 Å². The minimum atomic E-state index is -1.98. The highest BCUT2D eigenvalue weighted by atomic mass is 28.4. The molecular weight excluding hydrogens is 416 g/mol. The molecule has 0 aromatic heterocycles. The van der Waals surface area contributed by atoms with E-state index in [1.807, 2.05) is 18.2 Å². The van der Waals surface area contributed by atoms with Crippen LogP contribution in [0.2, 0.25) is 18.1 Å². The normalized spacial score (nSPS) is 22.0. The predicted octanol–water partition coefficient (Wildman–Crippen LogP) is 6.74. The monoisotopic (exact) mass is 456 g/mol. The number of methoxy groups -OCH3 is 1. The second kappa shape index (κ2) is 11.0. The van der Waals surface area contributed by atoms with Gasteiger partial charge in [0.15, 0.2) is 8.32 Å². The van der Waals surface area contributed by atoms with Crippen molar-refractivity contribution in [1.82, 2.24) is 0 Å². The molecule has 1 fully saturated rings. The first-order valence-electron chi connectivity index (χ1n) is 11.8. The topological polar surface area (TPSA) is 36.9 Å². The lowest BCUT2D eigenvalue weighted by Gasteiger charge is -2.45. The van der Waals surface area contributed by atoms with Crippen LogP contribution in [0.25, 0.3) is 0 Å². The van der Waals surface area contributed by atoms with Crippen molar-refractivity contribution < 1.29 is 18.6 Å². The molecule has 0 N–H and O–H groups in total. The summed E-state index contributed by atoms with van der Waals surface area (Å²) in [4.78, 5) is 0. The number of hydrogen-bond donors (Lipinski definition) is 0. The van der Waals surface area contributed by atoms with E-state index in [4.69, 9.17) is 18.6 Å². The summed E-state index contributed by atoms with van der Waals surface area (Å²) in [5.41, 5.74) is 2.34. The molecule has 3 rings (SSSR count). The fraction of sp³-hybridized carbons (Fsp3) is 0.556. The molecule has 0 bridgehead atoms. The van der Waals surface area contributed by atoms with Gasteiger partial charge in [-0.25, -0.2) is 0 Å². The molecule has 1 aliphatic carbocycles. The molecule has 32 heavy (non-hydrogen) atoms. The minimum Gasteiger partial charge on any atom is -0.497 e. The van der Waals surface area contributed by atoms with E-state index in [0.29, 0.717) is 13.2 Å². The standard InChI is InChI=1S/C27H40O4Si/c1-27(2,3)32(5,6)31-26-24(29-19-21-11-8-7-9-12-21)13-10-14-25(26)30-20-22-15-17-23(28-4)18-16-22/h7-9,11-12,15-18,24-26H,10,13-14,19-20H2,1-6H3/t24-,25-,26+/m1/s1. The molecule has 0 radical (unpaired) electrons. The van der Waals surface area contributed by atoms with Crippen molar-refractivity contribution >= 4 is 8.32 Å². The summed E-state index contributed by atoms with van der Waals surface area (Å²) in [6.07, 6.45) is 3.12. The molecular formula is C27H40O4Si. The molecule has 1 aliphatic rings. The Morgan fingerprint density at radius 2 is 1.34 bits per heavy atom. The Morgan fingerprint density at radius 3 is 1.84 bits per heavy atom. The molecule has 0 aliphatic heterocycles. The largest absolute Gasteiger partial charge is 0.497 e. The van der Waals surface area contributed by atoms with Crippen LogP contribution in [-0.4, -0.2) is 33.7 Å². The van der Waals surface area contributed by atoms with Gasteiger partial charge >= 0.3 is 0 Å². The summed E-state index contributed by atoms with van der Waals surface area (Å²) < 4.78 is 25.1. The van der Waals surface area contributed by atoms with Crippen LogP contribution < -0.4 is 4.74 Å². The molecule has 0 heterocycles. The number of hydrogen-bond acceptors (Lipinski definition) is 4. The van der Waals surface area contributed by atoms with Crippen molar-refractivity contribution in [2.45, 2.75) is 89.7 Å². The van der Waals surface area contributed by atoms with E-state index in [1.54, 1.807) is 7.11 Å². The first-order chi connectivity index (χ1) is 15.2. The van der Waals surface area contributed by atoms with Crippen molar-refractivity contribution in [3.05, 3.63) is 65.7 Å². The van der Waals surface area contributed by atoms with E-state index < -0.39 is 8.32 Å². The quantitative estimate of drug-likeness (QED) is 0.392. The molecule has 176 valence electrons. The van der Waals surface area contributed by atoms with E-state index >= 15 is 0 Å². The summed E-state index contributed by atoms with van der Waals surface area (Å²) in [6.45, 7) is 12.7. The zero-order valence-electron chi connectivity index (χ0n) is 20.6. The fourth-order valence-electron chi connectivity index (χ4n) is 3.82. The van der Waals surface area contributed by atoms with E-state index in [9.17, 15) is 0 Å². The van der Waals surface area contributed by atoms with Gasteiger partial charge in [-0.1, -0.05) is 63.2 Å². The van der Waals surface area contributed by atoms with E-state index in [2.05, 4.69) is 70.3 Å². The predicted molar refractivity (Wildman–Crippen MR) is 133 cm³/mol. The second-order valence-electron chi connectivity index (χ2n) is 10.3. The Balaban J connectivity index is 1.72. The molecule has 0 unspecified atom stereocenters. The number of rotatable bonds is 9. The van der Waals surface area contributed by atoms with Crippen LogP contribution in [0.5, 0.6) is 5.75 Å². The maximum Gasteiger partial charge on any atom is 0.192 e. The first kappa shape index (κ1) is 25.0. The molecule has 0 saturated heterocycles. The summed E-state index contributed by atoms with van der Waals surface area (Å²) in [5, 5.41) is 0.134. The average Bonchev–Trinajstić information content (AvgIpc) is 2.77. The molecule has 4 nitrogen and oxygen atoms in total. The highest BCUT2D eigenvalue weighted by Crippen LogP contribution is 2.40. The van der Waals surface area contributed by atoms with Crippen LogP contribution in [0.3, 0.4) is 0 Å². The Bertz CT molecular complexity index is 814. The maximum absolute atomic E-state index is 6.95. The van der Waals surface area contributed by atoms with Crippen LogP contribution >= 0.6 is 0 Å². The Kier molecular flexibility index (Phi) is 8.56. The molecule has 2 aromatic carbocycles. The highest BCUT2D eigenvalue weighted by molar-refractivity contribution is 6.74. The summed E-state index contributed by atoms with van der Waals surface area (Å²) in [7, 11) is -0.295. The van der Waals surface area contributed by atoms with Gasteiger partial charge in [-0.05, 0) is 60.7 Å². The summed E-state index contributed by atoms with van der Waals surface area (Å²) in [5.74, 6) is 0.861. The van der Waals surface area contributed by atoms with Crippen LogP contribution in [-0.2, 0) is 27.1 Å². The minimum absolute atomic E-state index is 0.0285. The van der Waals surface area contributed by atoms with Gasteiger partial charge in [-0.2, -0.15) is 0 Å². The molecule has 1 saturated carbocycles. The van der Waals surface area contributed by atoms with E-state index in [1.165, 1.54) is 5.56 Å². The van der Waals surface area contributed by atoms with Crippen LogP contribution in [0, 0.1) is 0 Å². The van der Waals surface area contributed by atoms with Crippen molar-refractivity contribution in [1.29, 1.82) is 0 Å². The van der Waals surface area contributed by atoms with E-state index in [0.717, 1.165) is 30.6 Å². The third-order valence-electron chi connectivity index (χ3n) is 6.88. The van der Waals surface area contributed by atoms with Gasteiger partial charge in [-0.3, -0.25) is 0 Å². The van der Waals surface area contributed by atoms with Gasteiger partial charge in [0.1, 0.15) is 5.75 Å².